The van der Waals surface area contributed by atoms with Crippen LogP contribution in [0.1, 0.15) is 15.9 Å². The molecule has 1 amide bonds. The number of rotatable bonds is 5. The van der Waals surface area contributed by atoms with E-state index in [1.165, 1.54) is 0 Å². The number of aryl methyl sites for hydroxylation is 1. The van der Waals surface area contributed by atoms with Crippen molar-refractivity contribution in [1.29, 1.82) is 0 Å². The van der Waals surface area contributed by atoms with Gasteiger partial charge in [-0.2, -0.15) is 0 Å². The second-order valence-electron chi connectivity index (χ2n) is 6.28. The molecule has 0 bridgehead atoms. The first-order chi connectivity index (χ1) is 13.6. The fourth-order valence-corrected chi connectivity index (χ4v) is 2.84. The Kier molecular flexibility index (Phi) is 4.72. The van der Waals surface area contributed by atoms with Crippen molar-refractivity contribution >= 4 is 23.1 Å². The lowest BCUT2D eigenvalue weighted by Crippen LogP contribution is -2.12. The second-order valence-corrected chi connectivity index (χ2v) is 6.28. The van der Waals surface area contributed by atoms with E-state index in [4.69, 9.17) is 14.2 Å². The zero-order valence-electron chi connectivity index (χ0n) is 15.5. The normalized spacial score (nSPS) is 11.8. The summed E-state index contributed by atoms with van der Waals surface area (Å²) in [7, 11) is 1.63. The predicted molar refractivity (Wildman–Crippen MR) is 106 cm³/mol. The van der Waals surface area contributed by atoms with Crippen LogP contribution in [-0.4, -0.2) is 24.8 Å². The largest absolute Gasteiger partial charge is 0.495 e. The Morgan fingerprint density at radius 3 is 2.71 bits per heavy atom. The Hall–Kier alpha value is -3.74. The van der Waals surface area contributed by atoms with Crippen LogP contribution in [0.2, 0.25) is 0 Å². The number of carbonyl (C=O) groups excluding carboxylic acids is 1. The number of hydrogen-bond donors (Lipinski definition) is 2. The molecule has 0 saturated carbocycles. The first-order valence-electron chi connectivity index (χ1n) is 8.71. The van der Waals surface area contributed by atoms with Gasteiger partial charge >= 0.3 is 0 Å². The molecular formula is C21H19N3O4. The van der Waals surface area contributed by atoms with Crippen molar-refractivity contribution in [3.05, 3.63) is 65.9 Å². The Bertz CT molecular complexity index is 1020. The van der Waals surface area contributed by atoms with Crippen molar-refractivity contribution in [1.82, 2.24) is 4.98 Å². The quantitative estimate of drug-likeness (QED) is 0.696. The van der Waals surface area contributed by atoms with Gasteiger partial charge in [-0.3, -0.25) is 4.79 Å². The molecule has 0 unspecified atom stereocenters. The summed E-state index contributed by atoms with van der Waals surface area (Å²) in [5.41, 5.74) is 3.22. The maximum atomic E-state index is 12.4. The van der Waals surface area contributed by atoms with E-state index in [-0.39, 0.29) is 12.7 Å². The molecule has 28 heavy (non-hydrogen) atoms. The molecule has 0 saturated heterocycles. The predicted octanol–water partition coefficient (Wildman–Crippen LogP) is 4.12. The number of pyridine rings is 1. The van der Waals surface area contributed by atoms with Crippen LogP contribution in [0, 0.1) is 6.92 Å². The first-order valence-corrected chi connectivity index (χ1v) is 8.71. The summed E-state index contributed by atoms with van der Waals surface area (Å²) in [6.07, 6.45) is 1.65. The molecule has 3 aromatic rings. The van der Waals surface area contributed by atoms with E-state index in [1.807, 2.05) is 31.2 Å². The third kappa shape index (κ3) is 3.68. The van der Waals surface area contributed by atoms with Gasteiger partial charge in [0, 0.05) is 5.56 Å². The lowest BCUT2D eigenvalue weighted by molar-refractivity contribution is 0.102. The highest BCUT2D eigenvalue weighted by Crippen LogP contribution is 2.33. The van der Waals surface area contributed by atoms with E-state index < -0.39 is 0 Å². The van der Waals surface area contributed by atoms with Gasteiger partial charge in [-0.15, -0.1) is 0 Å². The van der Waals surface area contributed by atoms with E-state index in [0.717, 1.165) is 22.7 Å². The van der Waals surface area contributed by atoms with Crippen LogP contribution in [0.3, 0.4) is 0 Å². The summed E-state index contributed by atoms with van der Waals surface area (Å²) in [5, 5.41) is 6.05. The van der Waals surface area contributed by atoms with Crippen LogP contribution >= 0.6 is 0 Å². The molecule has 2 aromatic carbocycles. The number of carbonyl (C=O) groups is 1. The number of fused-ring (bicyclic) bond motifs is 1. The third-order valence-electron chi connectivity index (χ3n) is 4.27. The molecule has 0 fully saturated rings. The molecule has 0 atom stereocenters. The van der Waals surface area contributed by atoms with Crippen LogP contribution < -0.4 is 24.8 Å². The van der Waals surface area contributed by atoms with Crippen LogP contribution in [0.5, 0.6) is 17.2 Å². The zero-order valence-corrected chi connectivity index (χ0v) is 15.5. The Morgan fingerprint density at radius 2 is 1.93 bits per heavy atom. The van der Waals surface area contributed by atoms with Crippen LogP contribution in [0.25, 0.3) is 0 Å². The summed E-state index contributed by atoms with van der Waals surface area (Å²) in [4.78, 5) is 16.7. The molecule has 1 aliphatic heterocycles. The van der Waals surface area contributed by atoms with Gasteiger partial charge in [0.25, 0.3) is 5.91 Å². The number of benzene rings is 2. The number of methoxy groups -OCH3 is 1. The first kappa shape index (κ1) is 17.7. The number of aromatic nitrogens is 1. The minimum absolute atomic E-state index is 0.169. The van der Waals surface area contributed by atoms with Crippen molar-refractivity contribution in [2.45, 2.75) is 6.92 Å². The topological polar surface area (TPSA) is 81.7 Å². The fraction of sp³-hybridized carbons (Fsp3) is 0.143. The molecule has 0 spiro atoms. The minimum atomic E-state index is -0.271. The lowest BCUT2D eigenvalue weighted by Gasteiger charge is -2.12. The summed E-state index contributed by atoms with van der Waals surface area (Å²) >= 11 is 0. The van der Waals surface area contributed by atoms with Crippen LogP contribution in [-0.2, 0) is 0 Å². The number of hydrogen-bond acceptors (Lipinski definition) is 6. The van der Waals surface area contributed by atoms with E-state index in [2.05, 4.69) is 15.6 Å². The molecule has 1 aromatic heterocycles. The van der Waals surface area contributed by atoms with Gasteiger partial charge in [0.15, 0.2) is 11.5 Å². The Morgan fingerprint density at radius 1 is 1.07 bits per heavy atom. The summed E-state index contributed by atoms with van der Waals surface area (Å²) in [6, 6.07) is 14.5. The molecule has 0 radical (unpaired) electrons. The minimum Gasteiger partial charge on any atom is -0.495 e. The number of ether oxygens (including phenoxy) is 3. The Labute approximate surface area is 162 Å². The van der Waals surface area contributed by atoms with Crippen molar-refractivity contribution in [3.8, 4) is 17.2 Å². The van der Waals surface area contributed by atoms with Crippen molar-refractivity contribution in [2.75, 3.05) is 24.5 Å². The summed E-state index contributed by atoms with van der Waals surface area (Å²) in [5.74, 6) is 2.12. The van der Waals surface area contributed by atoms with E-state index in [1.54, 1.807) is 37.6 Å². The SMILES string of the molecule is COc1ccc(C)cc1Nc1ccc(NC(=O)c2ccc3c(c2)OCO3)nc1. The molecule has 0 aliphatic carbocycles. The summed E-state index contributed by atoms with van der Waals surface area (Å²) in [6.45, 7) is 2.18. The van der Waals surface area contributed by atoms with E-state index in [0.29, 0.717) is 22.9 Å². The van der Waals surface area contributed by atoms with Crippen molar-refractivity contribution in [3.63, 3.8) is 0 Å². The maximum Gasteiger partial charge on any atom is 0.256 e. The molecule has 4 rings (SSSR count). The molecule has 2 heterocycles. The third-order valence-corrected chi connectivity index (χ3v) is 4.27. The average Bonchev–Trinajstić information content (AvgIpc) is 3.17. The number of nitrogens with one attached hydrogen (secondary N) is 2. The molecule has 7 nitrogen and oxygen atoms in total. The second kappa shape index (κ2) is 7.48. The number of nitrogens with zero attached hydrogens (tertiary/aromatic N) is 1. The van der Waals surface area contributed by atoms with E-state index >= 15 is 0 Å². The average molecular weight is 377 g/mol. The van der Waals surface area contributed by atoms with Crippen LogP contribution in [0.15, 0.2) is 54.7 Å². The van der Waals surface area contributed by atoms with Gasteiger partial charge in [-0.1, -0.05) is 6.07 Å². The van der Waals surface area contributed by atoms with Crippen molar-refractivity contribution in [2.24, 2.45) is 0 Å². The van der Waals surface area contributed by atoms with Gasteiger partial charge in [0.05, 0.1) is 24.7 Å². The van der Waals surface area contributed by atoms with Crippen molar-refractivity contribution < 1.29 is 19.0 Å². The smallest absolute Gasteiger partial charge is 0.256 e. The maximum absolute atomic E-state index is 12.4. The number of anilines is 3. The van der Waals surface area contributed by atoms with Gasteiger partial charge in [0.1, 0.15) is 11.6 Å². The molecule has 2 N–H and O–H groups in total. The van der Waals surface area contributed by atoms with Gasteiger partial charge < -0.3 is 24.8 Å². The monoisotopic (exact) mass is 377 g/mol. The van der Waals surface area contributed by atoms with Gasteiger partial charge in [-0.25, -0.2) is 4.98 Å². The van der Waals surface area contributed by atoms with Crippen LogP contribution in [0.4, 0.5) is 17.2 Å². The molecular weight excluding hydrogens is 358 g/mol. The molecule has 142 valence electrons. The highest BCUT2D eigenvalue weighted by Gasteiger charge is 2.16. The lowest BCUT2D eigenvalue weighted by atomic mass is 10.2. The summed E-state index contributed by atoms with van der Waals surface area (Å²) < 4.78 is 15.9. The fourth-order valence-electron chi connectivity index (χ4n) is 2.84. The van der Waals surface area contributed by atoms with Gasteiger partial charge in [0.2, 0.25) is 6.79 Å². The van der Waals surface area contributed by atoms with E-state index in [9.17, 15) is 4.79 Å². The Balaban J connectivity index is 1.45. The standard InChI is InChI=1S/C21H19N3O4/c1-13-3-6-17(26-2)16(9-13)23-15-5-8-20(22-11-15)24-21(25)14-4-7-18-19(10-14)28-12-27-18/h3-11,23H,12H2,1-2H3,(H,22,24,25). The highest BCUT2D eigenvalue weighted by molar-refractivity contribution is 6.04. The molecule has 1 aliphatic rings. The molecule has 7 heteroatoms. The zero-order chi connectivity index (χ0) is 19.5. The van der Waals surface area contributed by atoms with Gasteiger partial charge in [-0.05, 0) is 55.0 Å². The number of amides is 1. The highest BCUT2D eigenvalue weighted by atomic mass is 16.7.